The number of benzene rings is 3. The third-order valence-corrected chi connectivity index (χ3v) is 11.3. The number of carboxylic acid groups (broad SMARTS) is 1. The van der Waals surface area contributed by atoms with Crippen molar-refractivity contribution in [3.05, 3.63) is 130 Å². The second kappa shape index (κ2) is 17.5. The number of thiophene rings is 1. The number of thioether (sulfide) groups is 1. The lowest BCUT2D eigenvalue weighted by Crippen LogP contribution is -2.40. The van der Waals surface area contributed by atoms with Gasteiger partial charge in [0.05, 0.1) is 4.75 Å². The number of nitrogens with zero attached hydrogens (tertiary/aromatic N) is 1. The molecule has 0 radical (unpaired) electrons. The molecule has 45 heavy (non-hydrogen) atoms. The van der Waals surface area contributed by atoms with E-state index in [4.69, 9.17) is 0 Å². The normalized spacial score (nSPS) is 17.0. The van der Waals surface area contributed by atoms with Crippen molar-refractivity contribution >= 4 is 35.3 Å². The summed E-state index contributed by atoms with van der Waals surface area (Å²) in [6, 6.07) is 35.6. The Bertz CT molecular complexity index is 1300. The second-order valence-corrected chi connectivity index (χ2v) is 14.3. The number of rotatable bonds is 11. The molecule has 0 bridgehead atoms. The molecular formula is C39H46N2O2S2. The van der Waals surface area contributed by atoms with Crippen LogP contribution < -0.4 is 5.32 Å². The van der Waals surface area contributed by atoms with E-state index >= 15 is 0 Å². The summed E-state index contributed by atoms with van der Waals surface area (Å²) in [5.41, 5.74) is 3.32. The lowest BCUT2D eigenvalue weighted by Gasteiger charge is -2.36. The molecule has 1 aromatic heterocycles. The number of aliphatic carboxylic acids is 1. The van der Waals surface area contributed by atoms with E-state index in [9.17, 15) is 9.90 Å². The van der Waals surface area contributed by atoms with Gasteiger partial charge in [0.25, 0.3) is 0 Å². The summed E-state index contributed by atoms with van der Waals surface area (Å²) in [7, 11) is 0. The summed E-state index contributed by atoms with van der Waals surface area (Å²) < 4.78 is -0.560. The molecule has 0 saturated heterocycles. The Labute approximate surface area is 277 Å². The van der Waals surface area contributed by atoms with Gasteiger partial charge in [-0.1, -0.05) is 136 Å². The van der Waals surface area contributed by atoms with Crippen LogP contribution in [0, 0.1) is 0 Å². The summed E-state index contributed by atoms with van der Waals surface area (Å²) >= 11 is 3.15. The maximum absolute atomic E-state index is 12.1. The minimum atomic E-state index is -0.923. The zero-order valence-electron chi connectivity index (χ0n) is 26.1. The molecular weight excluding hydrogens is 593 g/mol. The van der Waals surface area contributed by atoms with Gasteiger partial charge in [0.15, 0.2) is 6.04 Å². The van der Waals surface area contributed by atoms with Crippen molar-refractivity contribution in [3.63, 3.8) is 0 Å². The molecule has 2 saturated carbocycles. The predicted octanol–water partition coefficient (Wildman–Crippen LogP) is 9.59. The highest BCUT2D eigenvalue weighted by Crippen LogP contribution is 2.48. The van der Waals surface area contributed by atoms with Gasteiger partial charge in [0.1, 0.15) is 0 Å². The van der Waals surface area contributed by atoms with E-state index < -0.39 is 16.8 Å². The molecule has 2 N–H and O–H groups in total. The van der Waals surface area contributed by atoms with Crippen molar-refractivity contribution < 1.29 is 9.90 Å². The summed E-state index contributed by atoms with van der Waals surface area (Å²) in [5, 5.41) is 15.7. The van der Waals surface area contributed by atoms with E-state index in [0.717, 1.165) is 33.7 Å². The molecule has 4 nitrogen and oxygen atoms in total. The third kappa shape index (κ3) is 9.41. The van der Waals surface area contributed by atoms with Crippen LogP contribution in [0.25, 0.3) is 0 Å². The van der Waals surface area contributed by atoms with Gasteiger partial charge in [-0.25, -0.2) is 4.79 Å². The Balaban J connectivity index is 0.000000256. The van der Waals surface area contributed by atoms with Crippen LogP contribution in [-0.4, -0.2) is 41.2 Å². The maximum Gasteiger partial charge on any atom is 0.329 e. The van der Waals surface area contributed by atoms with Gasteiger partial charge >= 0.3 is 5.97 Å². The lowest BCUT2D eigenvalue weighted by molar-refractivity contribution is -0.137. The van der Waals surface area contributed by atoms with E-state index in [1.54, 1.807) is 29.3 Å². The highest BCUT2D eigenvalue weighted by Gasteiger charge is 2.38. The number of aliphatic imine (C=N–C) groups is 1. The van der Waals surface area contributed by atoms with Crippen LogP contribution in [0.15, 0.2) is 114 Å². The summed E-state index contributed by atoms with van der Waals surface area (Å²) in [6.45, 7) is 0. The predicted molar refractivity (Wildman–Crippen MR) is 192 cm³/mol. The van der Waals surface area contributed by atoms with Crippen molar-refractivity contribution in [2.45, 2.75) is 87.1 Å². The average molecular weight is 639 g/mol. The number of nitrogens with one attached hydrogen (secondary N) is 1. The highest BCUT2D eigenvalue weighted by molar-refractivity contribution is 8.00. The molecule has 4 aromatic rings. The second-order valence-electron chi connectivity index (χ2n) is 12.1. The first-order valence-electron chi connectivity index (χ1n) is 16.5. The van der Waals surface area contributed by atoms with Crippen LogP contribution in [0.1, 0.15) is 85.8 Å². The Morgan fingerprint density at radius 1 is 0.756 bits per heavy atom. The topological polar surface area (TPSA) is 61.7 Å². The highest BCUT2D eigenvalue weighted by atomic mass is 32.2. The van der Waals surface area contributed by atoms with Crippen molar-refractivity contribution in [2.75, 3.05) is 5.75 Å². The van der Waals surface area contributed by atoms with Crippen LogP contribution in [0.5, 0.6) is 0 Å². The molecule has 6 heteroatoms. The van der Waals surface area contributed by atoms with E-state index in [1.165, 1.54) is 64.2 Å². The van der Waals surface area contributed by atoms with Gasteiger partial charge in [-0.3, -0.25) is 4.99 Å². The smallest absolute Gasteiger partial charge is 0.329 e. The fourth-order valence-corrected chi connectivity index (χ4v) is 8.69. The number of hydrogen-bond donors (Lipinski definition) is 2. The van der Waals surface area contributed by atoms with E-state index in [2.05, 4.69) is 46.7 Å². The van der Waals surface area contributed by atoms with E-state index in [0.29, 0.717) is 5.75 Å². The standard InChI is InChI=1S/C27H23NO2S2.C12H23N/c29-26(30)25(28-19-24-17-10-18-31-24)20-32-27(21-11-4-1-5-12-21,22-13-6-2-7-14-22)23-15-8-3-9-16-23;1-3-7-11(8-4-1)13-12-9-5-2-6-10-12/h1-19,25H,20H2,(H,29,30);11-13H,1-10H2. The van der Waals surface area contributed by atoms with Gasteiger partial charge in [-0.2, -0.15) is 0 Å². The van der Waals surface area contributed by atoms with Crippen molar-refractivity contribution in [1.29, 1.82) is 0 Å². The van der Waals surface area contributed by atoms with E-state index in [-0.39, 0.29) is 0 Å². The Hall–Kier alpha value is -3.19. The van der Waals surface area contributed by atoms with Gasteiger partial charge in [0, 0.05) is 28.9 Å². The summed E-state index contributed by atoms with van der Waals surface area (Å²) in [5.74, 6) is -0.594. The first kappa shape index (κ1) is 33.2. The molecule has 2 aliphatic carbocycles. The summed E-state index contributed by atoms with van der Waals surface area (Å²) in [4.78, 5) is 17.4. The SMILES string of the molecule is C1CCC(NC2CCCCC2)CC1.O=C(O)C(CSC(c1ccccc1)(c1ccccc1)c1ccccc1)N=Cc1cccs1. The van der Waals surface area contributed by atoms with Crippen LogP contribution in [0.3, 0.4) is 0 Å². The molecule has 0 aliphatic heterocycles. The molecule has 0 amide bonds. The molecule has 1 unspecified atom stereocenters. The molecule has 6 rings (SSSR count). The zero-order chi connectivity index (χ0) is 31.2. The van der Waals surface area contributed by atoms with Crippen LogP contribution >= 0.6 is 23.1 Å². The summed E-state index contributed by atoms with van der Waals surface area (Å²) in [6.07, 6.45) is 16.2. The minimum Gasteiger partial charge on any atom is -0.480 e. The molecule has 0 spiro atoms. The molecule has 1 heterocycles. The Morgan fingerprint density at radius 3 is 1.62 bits per heavy atom. The van der Waals surface area contributed by atoms with Gasteiger partial charge in [-0.15, -0.1) is 23.1 Å². The van der Waals surface area contributed by atoms with Gasteiger partial charge in [-0.05, 0) is 53.8 Å². The largest absolute Gasteiger partial charge is 0.480 e. The van der Waals surface area contributed by atoms with Crippen molar-refractivity contribution in [1.82, 2.24) is 5.32 Å². The Kier molecular flexibility index (Phi) is 12.9. The first-order valence-corrected chi connectivity index (χ1v) is 18.4. The fourth-order valence-electron chi connectivity index (χ4n) is 6.55. The van der Waals surface area contributed by atoms with Gasteiger partial charge < -0.3 is 10.4 Å². The molecule has 1 atom stereocenters. The van der Waals surface area contributed by atoms with Crippen molar-refractivity contribution in [3.8, 4) is 0 Å². The molecule has 236 valence electrons. The molecule has 3 aromatic carbocycles. The van der Waals surface area contributed by atoms with Crippen LogP contribution in [0.4, 0.5) is 0 Å². The number of hydrogen-bond acceptors (Lipinski definition) is 5. The molecule has 2 fully saturated rings. The van der Waals surface area contributed by atoms with E-state index in [1.807, 2.05) is 72.1 Å². The third-order valence-electron chi connectivity index (χ3n) is 8.89. The average Bonchev–Trinajstić information content (AvgIpc) is 3.63. The fraction of sp³-hybridized carbons (Fsp3) is 0.385. The quantitative estimate of drug-likeness (QED) is 0.127. The van der Waals surface area contributed by atoms with Crippen LogP contribution in [-0.2, 0) is 9.54 Å². The minimum absolute atomic E-state index is 0.329. The zero-order valence-corrected chi connectivity index (χ0v) is 27.7. The van der Waals surface area contributed by atoms with Crippen molar-refractivity contribution in [2.24, 2.45) is 4.99 Å². The van der Waals surface area contributed by atoms with Crippen LogP contribution in [0.2, 0.25) is 0 Å². The molecule has 2 aliphatic rings. The number of carboxylic acids is 1. The lowest BCUT2D eigenvalue weighted by atomic mass is 9.84. The monoisotopic (exact) mass is 638 g/mol. The maximum atomic E-state index is 12.1. The number of carbonyl (C=O) groups is 1. The van der Waals surface area contributed by atoms with Gasteiger partial charge in [0.2, 0.25) is 0 Å². The Morgan fingerprint density at radius 2 is 1.22 bits per heavy atom. The first-order chi connectivity index (χ1) is 22.1.